The topological polar surface area (TPSA) is 58.5 Å². The van der Waals surface area contributed by atoms with Gasteiger partial charge in [-0.1, -0.05) is 35.5 Å². The molecular weight excluding hydrogens is 346 g/mol. The number of rotatable bonds is 2. The van der Waals surface area contributed by atoms with Crippen LogP contribution < -0.4 is 0 Å². The summed E-state index contributed by atoms with van der Waals surface area (Å²) in [5, 5.41) is 4.31. The number of hydrogen-bond donors (Lipinski definition) is 0. The van der Waals surface area contributed by atoms with E-state index in [2.05, 4.69) is 17.3 Å². The minimum Gasteiger partial charge on any atom is -0.389 e. The fourth-order valence-corrected chi connectivity index (χ4v) is 4.62. The average molecular weight is 373 g/mol. The maximum Gasteiger partial charge on any atom is 0.224 e. The number of nitrogens with zero attached hydrogens (tertiary/aromatic N) is 1. The number of oxime groups is 1. The van der Waals surface area contributed by atoms with Crippen LogP contribution in [0.3, 0.4) is 0 Å². The highest BCUT2D eigenvalue weighted by atomic mass is 16.8. The normalized spacial score (nSPS) is 39.3. The molecular formula is C21H27NO5. The highest BCUT2D eigenvalue weighted by molar-refractivity contribution is 6.01. The van der Waals surface area contributed by atoms with Gasteiger partial charge in [-0.15, -0.1) is 0 Å². The van der Waals surface area contributed by atoms with E-state index < -0.39 is 11.6 Å². The van der Waals surface area contributed by atoms with Crippen molar-refractivity contribution in [3.05, 3.63) is 35.9 Å². The van der Waals surface area contributed by atoms with Crippen molar-refractivity contribution in [1.82, 2.24) is 0 Å². The zero-order valence-corrected chi connectivity index (χ0v) is 15.6. The van der Waals surface area contributed by atoms with Crippen LogP contribution in [0, 0.1) is 0 Å². The van der Waals surface area contributed by atoms with Gasteiger partial charge in [0.15, 0.2) is 6.10 Å². The molecule has 2 spiro atoms. The van der Waals surface area contributed by atoms with Gasteiger partial charge < -0.3 is 23.8 Å². The molecule has 0 aliphatic carbocycles. The van der Waals surface area contributed by atoms with Gasteiger partial charge in [-0.2, -0.15) is 0 Å². The standard InChI is InChI=1S/C21H27NO5/c1-2-8-16(9-3-1)17-14-18(27-22-17)19-15-25-20(10-4-6-12-23-20)21(26-19)11-5-7-13-24-21/h1-3,8-9,18-19H,4-7,10-15H2/t18-,19+,20+,21+/m0/s1. The van der Waals surface area contributed by atoms with E-state index in [4.69, 9.17) is 23.8 Å². The Kier molecular flexibility index (Phi) is 4.68. The zero-order valence-electron chi connectivity index (χ0n) is 15.6. The monoisotopic (exact) mass is 373 g/mol. The van der Waals surface area contributed by atoms with E-state index in [9.17, 15) is 0 Å². The molecule has 6 nitrogen and oxygen atoms in total. The third-order valence-corrected chi connectivity index (χ3v) is 6.09. The third kappa shape index (κ3) is 3.09. The molecule has 1 aromatic rings. The fraction of sp³-hybridized carbons (Fsp3) is 0.667. The van der Waals surface area contributed by atoms with Gasteiger partial charge in [-0.3, -0.25) is 0 Å². The largest absolute Gasteiger partial charge is 0.389 e. The van der Waals surface area contributed by atoms with Crippen LogP contribution in [0.4, 0.5) is 0 Å². The summed E-state index contributed by atoms with van der Waals surface area (Å²) < 4.78 is 25.4. The summed E-state index contributed by atoms with van der Waals surface area (Å²) in [5.74, 6) is -1.60. The summed E-state index contributed by atoms with van der Waals surface area (Å²) in [6.07, 6.45) is 6.17. The Morgan fingerprint density at radius 3 is 2.26 bits per heavy atom. The quantitative estimate of drug-likeness (QED) is 0.795. The van der Waals surface area contributed by atoms with Crippen LogP contribution in [0.5, 0.6) is 0 Å². The highest BCUT2D eigenvalue weighted by Gasteiger charge is 2.62. The van der Waals surface area contributed by atoms with Crippen molar-refractivity contribution in [2.75, 3.05) is 19.8 Å². The van der Waals surface area contributed by atoms with Gasteiger partial charge in [-0.05, 0) is 31.2 Å². The van der Waals surface area contributed by atoms with Crippen LogP contribution in [-0.4, -0.2) is 49.3 Å². The van der Waals surface area contributed by atoms with Gasteiger partial charge in [0, 0.05) is 19.3 Å². The van der Waals surface area contributed by atoms with Gasteiger partial charge in [0.2, 0.25) is 11.6 Å². The lowest BCUT2D eigenvalue weighted by atomic mass is 9.88. The molecule has 146 valence electrons. The molecule has 4 aliphatic heterocycles. The molecule has 6 heteroatoms. The summed E-state index contributed by atoms with van der Waals surface area (Å²) in [4.78, 5) is 5.76. The lowest BCUT2D eigenvalue weighted by molar-refractivity contribution is -0.471. The second kappa shape index (κ2) is 7.17. The molecule has 4 heterocycles. The number of fused-ring (bicyclic) bond motifs is 1. The van der Waals surface area contributed by atoms with Gasteiger partial charge >= 0.3 is 0 Å². The van der Waals surface area contributed by atoms with Crippen molar-refractivity contribution in [2.45, 2.75) is 68.7 Å². The highest BCUT2D eigenvalue weighted by Crippen LogP contribution is 2.48. The Balaban J connectivity index is 1.33. The molecule has 3 saturated heterocycles. The second-order valence-corrected chi connectivity index (χ2v) is 7.84. The molecule has 5 rings (SSSR count). The third-order valence-electron chi connectivity index (χ3n) is 6.09. The van der Waals surface area contributed by atoms with Crippen molar-refractivity contribution in [3.63, 3.8) is 0 Å². The van der Waals surface area contributed by atoms with E-state index in [1.54, 1.807) is 0 Å². The van der Waals surface area contributed by atoms with E-state index in [1.165, 1.54) is 0 Å². The molecule has 0 aromatic heterocycles. The molecule has 3 fully saturated rings. The molecule has 4 aliphatic rings. The van der Waals surface area contributed by atoms with E-state index in [-0.39, 0.29) is 12.2 Å². The van der Waals surface area contributed by atoms with E-state index in [1.807, 2.05) is 18.2 Å². The smallest absolute Gasteiger partial charge is 0.224 e. The molecule has 0 amide bonds. The first-order valence-corrected chi connectivity index (χ1v) is 10.2. The molecule has 0 radical (unpaired) electrons. The Morgan fingerprint density at radius 1 is 0.815 bits per heavy atom. The Labute approximate surface area is 159 Å². The summed E-state index contributed by atoms with van der Waals surface area (Å²) in [5.41, 5.74) is 2.05. The van der Waals surface area contributed by atoms with Gasteiger partial charge in [0.05, 0.1) is 25.5 Å². The zero-order chi connectivity index (χ0) is 18.2. The molecule has 0 N–H and O–H groups in total. The Hall–Kier alpha value is -1.47. The van der Waals surface area contributed by atoms with Crippen LogP contribution in [0.2, 0.25) is 0 Å². The maximum absolute atomic E-state index is 6.61. The minimum atomic E-state index is -0.826. The molecule has 0 unspecified atom stereocenters. The lowest BCUT2D eigenvalue weighted by Gasteiger charge is -2.56. The van der Waals surface area contributed by atoms with Crippen LogP contribution >= 0.6 is 0 Å². The minimum absolute atomic E-state index is 0.163. The van der Waals surface area contributed by atoms with Crippen molar-refractivity contribution in [2.24, 2.45) is 5.16 Å². The fourth-order valence-electron chi connectivity index (χ4n) is 4.62. The van der Waals surface area contributed by atoms with Crippen molar-refractivity contribution in [1.29, 1.82) is 0 Å². The first-order valence-electron chi connectivity index (χ1n) is 10.2. The summed E-state index contributed by atoms with van der Waals surface area (Å²) in [6, 6.07) is 10.1. The Bertz CT molecular complexity index is 679. The summed E-state index contributed by atoms with van der Waals surface area (Å²) >= 11 is 0. The number of benzene rings is 1. The van der Waals surface area contributed by atoms with E-state index in [0.717, 1.165) is 49.8 Å². The van der Waals surface area contributed by atoms with Gasteiger partial charge in [-0.25, -0.2) is 0 Å². The summed E-state index contributed by atoms with van der Waals surface area (Å²) in [6.45, 7) is 1.81. The second-order valence-electron chi connectivity index (χ2n) is 7.84. The van der Waals surface area contributed by atoms with E-state index >= 15 is 0 Å². The first-order chi connectivity index (χ1) is 13.3. The predicted octanol–water partition coefficient (Wildman–Crippen LogP) is 3.39. The van der Waals surface area contributed by atoms with Crippen LogP contribution in [0.15, 0.2) is 35.5 Å². The summed E-state index contributed by atoms with van der Waals surface area (Å²) in [7, 11) is 0. The average Bonchev–Trinajstić information content (AvgIpc) is 3.23. The van der Waals surface area contributed by atoms with Crippen molar-refractivity contribution >= 4 is 5.71 Å². The molecule has 1 aromatic carbocycles. The van der Waals surface area contributed by atoms with Gasteiger partial charge in [0.25, 0.3) is 0 Å². The van der Waals surface area contributed by atoms with Crippen LogP contribution in [0.25, 0.3) is 0 Å². The maximum atomic E-state index is 6.61. The molecule has 27 heavy (non-hydrogen) atoms. The SMILES string of the molecule is c1ccc(C2=NO[C@H]([C@H]3CO[C@]4(CCCCO4)[C@@]4(CCCCO4)O3)C2)cc1. The predicted molar refractivity (Wildman–Crippen MR) is 98.4 cm³/mol. The number of hydrogen-bond acceptors (Lipinski definition) is 6. The number of ether oxygens (including phenoxy) is 4. The van der Waals surface area contributed by atoms with Crippen LogP contribution in [-0.2, 0) is 23.8 Å². The molecule has 4 atom stereocenters. The van der Waals surface area contributed by atoms with Gasteiger partial charge in [0.1, 0.15) is 6.10 Å². The first kappa shape index (κ1) is 17.6. The lowest BCUT2D eigenvalue weighted by Crippen LogP contribution is -2.69. The molecule has 0 bridgehead atoms. The molecule has 0 saturated carbocycles. The Morgan fingerprint density at radius 2 is 1.56 bits per heavy atom. The van der Waals surface area contributed by atoms with Crippen molar-refractivity contribution < 1.29 is 23.8 Å². The van der Waals surface area contributed by atoms with E-state index in [0.29, 0.717) is 26.2 Å². The van der Waals surface area contributed by atoms with Crippen LogP contribution in [0.1, 0.15) is 50.5 Å². The van der Waals surface area contributed by atoms with Crippen molar-refractivity contribution in [3.8, 4) is 0 Å².